The second-order valence-electron chi connectivity index (χ2n) is 6.74. The number of hydrogen-bond acceptors (Lipinski definition) is 5. The van der Waals surface area contributed by atoms with Crippen molar-refractivity contribution < 1.29 is 18.3 Å². The number of benzene rings is 2. The van der Waals surface area contributed by atoms with Gasteiger partial charge in [0.2, 0.25) is 0 Å². The number of aromatic nitrogens is 1. The third-order valence-corrected chi connectivity index (χ3v) is 5.25. The fourth-order valence-electron chi connectivity index (χ4n) is 2.91. The van der Waals surface area contributed by atoms with Gasteiger partial charge in [0.15, 0.2) is 5.13 Å². The van der Waals surface area contributed by atoms with E-state index < -0.39 is 5.82 Å². The number of carbonyl (C=O) groups is 1. The molecule has 0 fully saturated rings. The number of carbonyl (C=O) groups excluding carboxylic acids is 1. The molecular weight excluding hydrogens is 391 g/mol. The largest absolute Gasteiger partial charge is 0.491 e. The zero-order valence-corrected chi connectivity index (χ0v) is 16.8. The molecule has 5 nitrogen and oxygen atoms in total. The van der Waals surface area contributed by atoms with Crippen LogP contribution in [0, 0.1) is 5.82 Å². The molecule has 0 bridgehead atoms. The van der Waals surface area contributed by atoms with Crippen LogP contribution in [-0.4, -0.2) is 17.0 Å². The number of hydrogen-bond donors (Lipinski definition) is 0. The highest BCUT2D eigenvalue weighted by atomic mass is 32.1. The number of furan rings is 1. The molecule has 0 radical (unpaired) electrons. The molecule has 148 valence electrons. The molecule has 4 aromatic rings. The molecule has 29 heavy (non-hydrogen) atoms. The predicted octanol–water partition coefficient (Wildman–Crippen LogP) is 5.66. The summed E-state index contributed by atoms with van der Waals surface area (Å²) in [6.07, 6.45) is 1.60. The Bertz CT molecular complexity index is 1120. The van der Waals surface area contributed by atoms with Crippen LogP contribution in [-0.2, 0) is 6.54 Å². The third kappa shape index (κ3) is 4.14. The summed E-state index contributed by atoms with van der Waals surface area (Å²) in [5.74, 6) is 0.636. The first kappa shape index (κ1) is 19.1. The first-order chi connectivity index (χ1) is 14.0. The number of nitrogens with zero attached hydrogens (tertiary/aromatic N) is 2. The number of thiazole rings is 1. The van der Waals surface area contributed by atoms with Gasteiger partial charge in [-0.25, -0.2) is 9.37 Å². The van der Waals surface area contributed by atoms with Crippen LogP contribution in [0.15, 0.2) is 65.3 Å². The van der Waals surface area contributed by atoms with Crippen LogP contribution < -0.4 is 9.64 Å². The summed E-state index contributed by atoms with van der Waals surface area (Å²) in [6.45, 7) is 4.07. The van der Waals surface area contributed by atoms with Crippen molar-refractivity contribution in [2.24, 2.45) is 0 Å². The SMILES string of the molecule is CC(C)Oc1ccc(C(=O)N(Cc2ccco2)c2nc3c(F)cccc3s2)cc1. The molecule has 0 aliphatic rings. The molecule has 2 heterocycles. The molecule has 0 unspecified atom stereocenters. The number of ether oxygens (including phenoxy) is 1. The summed E-state index contributed by atoms with van der Waals surface area (Å²) in [5, 5.41) is 0.411. The van der Waals surface area contributed by atoms with Crippen molar-refractivity contribution in [3.05, 3.63) is 78.0 Å². The van der Waals surface area contributed by atoms with Gasteiger partial charge < -0.3 is 9.15 Å². The summed E-state index contributed by atoms with van der Waals surface area (Å²) in [4.78, 5) is 19.2. The van der Waals surface area contributed by atoms with Crippen LogP contribution in [0.25, 0.3) is 10.2 Å². The van der Waals surface area contributed by atoms with E-state index >= 15 is 0 Å². The van der Waals surface area contributed by atoms with E-state index in [9.17, 15) is 9.18 Å². The van der Waals surface area contributed by atoms with E-state index in [1.54, 1.807) is 54.8 Å². The maximum atomic E-state index is 14.1. The van der Waals surface area contributed by atoms with Gasteiger partial charge in [0, 0.05) is 5.56 Å². The normalized spacial score (nSPS) is 11.2. The van der Waals surface area contributed by atoms with Gasteiger partial charge in [-0.15, -0.1) is 0 Å². The molecular formula is C22H19FN2O3S. The lowest BCUT2D eigenvalue weighted by molar-refractivity contribution is 0.0983. The summed E-state index contributed by atoms with van der Waals surface area (Å²) < 4.78 is 25.9. The number of halogens is 1. The standard InChI is InChI=1S/C22H19FN2O3S/c1-14(2)28-16-10-8-15(9-11-16)21(26)25(13-17-5-4-12-27-17)22-24-20-18(23)6-3-7-19(20)29-22/h3-12,14H,13H2,1-2H3. The van der Waals surface area contributed by atoms with Crippen molar-refractivity contribution >= 4 is 32.6 Å². The van der Waals surface area contributed by atoms with Gasteiger partial charge in [-0.3, -0.25) is 9.69 Å². The lowest BCUT2D eigenvalue weighted by atomic mass is 10.2. The molecule has 0 atom stereocenters. The van der Waals surface area contributed by atoms with Crippen LogP contribution in [0.1, 0.15) is 30.0 Å². The van der Waals surface area contributed by atoms with Crippen molar-refractivity contribution in [3.8, 4) is 5.75 Å². The lowest BCUT2D eigenvalue weighted by Gasteiger charge is -2.19. The fourth-order valence-corrected chi connectivity index (χ4v) is 3.89. The van der Waals surface area contributed by atoms with E-state index in [-0.39, 0.29) is 24.1 Å². The van der Waals surface area contributed by atoms with Gasteiger partial charge in [-0.1, -0.05) is 17.4 Å². The molecule has 2 aromatic heterocycles. The van der Waals surface area contributed by atoms with E-state index in [0.29, 0.717) is 26.9 Å². The predicted molar refractivity (Wildman–Crippen MR) is 111 cm³/mol. The second kappa shape index (κ2) is 8.05. The third-order valence-electron chi connectivity index (χ3n) is 4.20. The average molecular weight is 410 g/mol. The topological polar surface area (TPSA) is 55.6 Å². The molecule has 0 spiro atoms. The van der Waals surface area contributed by atoms with E-state index in [4.69, 9.17) is 9.15 Å². The highest BCUT2D eigenvalue weighted by molar-refractivity contribution is 7.22. The van der Waals surface area contributed by atoms with Crippen molar-refractivity contribution in [3.63, 3.8) is 0 Å². The van der Waals surface area contributed by atoms with Gasteiger partial charge in [0.05, 0.1) is 23.6 Å². The summed E-state index contributed by atoms with van der Waals surface area (Å²) in [5.41, 5.74) is 0.734. The number of anilines is 1. The Balaban J connectivity index is 1.69. The first-order valence-corrected chi connectivity index (χ1v) is 9.99. The smallest absolute Gasteiger partial charge is 0.260 e. The number of rotatable bonds is 6. The quantitative estimate of drug-likeness (QED) is 0.411. The Hall–Kier alpha value is -3.19. The fraction of sp³-hybridized carbons (Fsp3) is 0.182. The Kier molecular flexibility index (Phi) is 5.31. The van der Waals surface area contributed by atoms with Gasteiger partial charge in [-0.05, 0) is 62.4 Å². The van der Waals surface area contributed by atoms with Gasteiger partial charge in [0.25, 0.3) is 5.91 Å². The Morgan fingerprint density at radius 2 is 1.97 bits per heavy atom. The second-order valence-corrected chi connectivity index (χ2v) is 7.75. The van der Waals surface area contributed by atoms with E-state index in [2.05, 4.69) is 4.98 Å². The van der Waals surface area contributed by atoms with Crippen molar-refractivity contribution in [2.45, 2.75) is 26.5 Å². The monoisotopic (exact) mass is 410 g/mol. The molecule has 7 heteroatoms. The first-order valence-electron chi connectivity index (χ1n) is 9.17. The van der Waals surface area contributed by atoms with Crippen molar-refractivity contribution in [1.29, 1.82) is 0 Å². The average Bonchev–Trinajstić information content (AvgIpc) is 3.36. The highest BCUT2D eigenvalue weighted by Gasteiger charge is 2.23. The van der Waals surface area contributed by atoms with Gasteiger partial charge >= 0.3 is 0 Å². The van der Waals surface area contributed by atoms with E-state index in [1.165, 1.54) is 22.3 Å². The van der Waals surface area contributed by atoms with Crippen LogP contribution in [0.5, 0.6) is 5.75 Å². The number of para-hydroxylation sites is 1. The molecule has 2 aromatic carbocycles. The Labute approximate surface area is 171 Å². The summed E-state index contributed by atoms with van der Waals surface area (Å²) >= 11 is 1.26. The van der Waals surface area contributed by atoms with Crippen LogP contribution in [0.4, 0.5) is 9.52 Å². The van der Waals surface area contributed by atoms with E-state index in [0.717, 1.165) is 0 Å². The number of fused-ring (bicyclic) bond motifs is 1. The summed E-state index contributed by atoms with van der Waals surface area (Å²) in [6, 6.07) is 15.3. The maximum Gasteiger partial charge on any atom is 0.260 e. The van der Waals surface area contributed by atoms with E-state index in [1.807, 2.05) is 13.8 Å². The molecule has 0 N–H and O–H groups in total. The molecule has 1 amide bonds. The van der Waals surface area contributed by atoms with Crippen LogP contribution >= 0.6 is 11.3 Å². The molecule has 0 aliphatic carbocycles. The molecule has 0 aliphatic heterocycles. The highest BCUT2D eigenvalue weighted by Crippen LogP contribution is 2.32. The summed E-state index contributed by atoms with van der Waals surface area (Å²) in [7, 11) is 0. The lowest BCUT2D eigenvalue weighted by Crippen LogP contribution is -2.30. The Morgan fingerprint density at radius 1 is 1.17 bits per heavy atom. The number of amides is 1. The minimum atomic E-state index is -0.411. The van der Waals surface area contributed by atoms with Gasteiger partial charge in [-0.2, -0.15) is 0 Å². The minimum Gasteiger partial charge on any atom is -0.491 e. The van der Waals surface area contributed by atoms with Crippen LogP contribution in [0.3, 0.4) is 0 Å². The molecule has 0 saturated carbocycles. The minimum absolute atomic E-state index is 0.0460. The molecule has 4 rings (SSSR count). The van der Waals surface area contributed by atoms with Gasteiger partial charge in [0.1, 0.15) is 22.8 Å². The maximum absolute atomic E-state index is 14.1. The molecule has 0 saturated heterocycles. The zero-order chi connectivity index (χ0) is 20.4. The van der Waals surface area contributed by atoms with Crippen molar-refractivity contribution in [2.75, 3.05) is 4.90 Å². The zero-order valence-electron chi connectivity index (χ0n) is 16.0. The Morgan fingerprint density at radius 3 is 2.62 bits per heavy atom. The van der Waals surface area contributed by atoms with Crippen molar-refractivity contribution in [1.82, 2.24) is 4.98 Å². The van der Waals surface area contributed by atoms with Crippen LogP contribution in [0.2, 0.25) is 0 Å².